The number of H-pyrrole nitrogens is 1. The van der Waals surface area contributed by atoms with Gasteiger partial charge in [0, 0.05) is 30.8 Å². The molecular weight excluding hydrogens is 268 g/mol. The van der Waals surface area contributed by atoms with E-state index in [1.807, 2.05) is 12.1 Å². The lowest BCUT2D eigenvalue weighted by Crippen LogP contribution is -2.37. The third-order valence-corrected chi connectivity index (χ3v) is 3.57. The number of nitrogens with one attached hydrogen (secondary N) is 2. The highest BCUT2D eigenvalue weighted by Gasteiger charge is 2.19. The third-order valence-electron chi connectivity index (χ3n) is 3.57. The maximum atomic E-state index is 12.0. The first-order chi connectivity index (χ1) is 10.2. The van der Waals surface area contributed by atoms with E-state index < -0.39 is 0 Å². The normalized spacial score (nSPS) is 17.0. The molecule has 2 N–H and O–H groups in total. The van der Waals surface area contributed by atoms with Crippen LogP contribution in [0.3, 0.4) is 0 Å². The molecule has 0 saturated carbocycles. The number of pyridine rings is 1. The van der Waals surface area contributed by atoms with E-state index in [0.717, 1.165) is 6.42 Å². The van der Waals surface area contributed by atoms with E-state index in [1.165, 1.54) is 23.4 Å². The summed E-state index contributed by atoms with van der Waals surface area (Å²) in [7, 11) is 0. The third kappa shape index (κ3) is 3.20. The van der Waals surface area contributed by atoms with Crippen LogP contribution in [0.25, 0.3) is 0 Å². The highest BCUT2D eigenvalue weighted by Crippen LogP contribution is 2.19. The summed E-state index contributed by atoms with van der Waals surface area (Å²) in [6.45, 7) is 1.00. The number of hydrogen-bond donors (Lipinski definition) is 2. The summed E-state index contributed by atoms with van der Waals surface area (Å²) in [5.74, 6) is -0.261. The molecule has 0 saturated heterocycles. The minimum absolute atomic E-state index is 0.0363. The first-order valence-electron chi connectivity index (χ1n) is 6.88. The van der Waals surface area contributed by atoms with Crippen LogP contribution in [0.5, 0.6) is 0 Å². The molecule has 0 radical (unpaired) electrons. The molecule has 5 heteroatoms. The Morgan fingerprint density at radius 1 is 1.29 bits per heavy atom. The van der Waals surface area contributed by atoms with Crippen LogP contribution in [0.4, 0.5) is 0 Å². The lowest BCUT2D eigenvalue weighted by atomic mass is 9.99. The van der Waals surface area contributed by atoms with Gasteiger partial charge >= 0.3 is 0 Å². The number of benzene rings is 1. The predicted molar refractivity (Wildman–Crippen MR) is 78.1 cm³/mol. The van der Waals surface area contributed by atoms with E-state index >= 15 is 0 Å². The standard InChI is InChI=1S/C16H16N2O3/c19-15-8-12(5-6-17-15)16(20)18-9-14-7-11-3-1-2-4-13(11)10-21-14/h1-6,8,14H,7,9-10H2,(H,17,19)(H,18,20). The summed E-state index contributed by atoms with van der Waals surface area (Å²) < 4.78 is 5.73. The van der Waals surface area contributed by atoms with E-state index in [1.54, 1.807) is 6.07 Å². The molecule has 0 aliphatic carbocycles. The molecule has 1 aromatic carbocycles. The van der Waals surface area contributed by atoms with Gasteiger partial charge in [-0.3, -0.25) is 9.59 Å². The lowest BCUT2D eigenvalue weighted by Gasteiger charge is -2.25. The minimum atomic E-state index is -0.287. The highest BCUT2D eigenvalue weighted by molar-refractivity contribution is 5.93. The number of carbonyl (C=O) groups is 1. The molecule has 1 aliphatic heterocycles. The number of carbonyl (C=O) groups excluding carboxylic acids is 1. The van der Waals surface area contributed by atoms with Gasteiger partial charge in [-0.05, 0) is 17.2 Å². The van der Waals surface area contributed by atoms with E-state index in [9.17, 15) is 9.59 Å². The van der Waals surface area contributed by atoms with Crippen LogP contribution in [0.2, 0.25) is 0 Å². The Bertz CT molecular complexity index is 708. The lowest BCUT2D eigenvalue weighted by molar-refractivity contribution is 0.0285. The van der Waals surface area contributed by atoms with Crippen LogP contribution < -0.4 is 10.9 Å². The monoisotopic (exact) mass is 284 g/mol. The Kier molecular flexibility index (Phi) is 3.83. The molecule has 1 atom stereocenters. The molecule has 0 bridgehead atoms. The molecule has 1 aliphatic rings. The molecule has 1 aromatic heterocycles. The van der Waals surface area contributed by atoms with Crippen molar-refractivity contribution in [2.24, 2.45) is 0 Å². The van der Waals surface area contributed by atoms with E-state index in [0.29, 0.717) is 18.7 Å². The van der Waals surface area contributed by atoms with Gasteiger partial charge in [0.2, 0.25) is 5.56 Å². The Morgan fingerprint density at radius 2 is 2.10 bits per heavy atom. The van der Waals surface area contributed by atoms with Crippen LogP contribution in [-0.2, 0) is 17.8 Å². The number of aromatic nitrogens is 1. The summed E-state index contributed by atoms with van der Waals surface area (Å²) in [4.78, 5) is 25.6. The quantitative estimate of drug-likeness (QED) is 0.891. The molecule has 0 spiro atoms. The molecule has 21 heavy (non-hydrogen) atoms. The second kappa shape index (κ2) is 5.93. The van der Waals surface area contributed by atoms with Crippen LogP contribution >= 0.6 is 0 Å². The van der Waals surface area contributed by atoms with Crippen molar-refractivity contribution in [3.05, 3.63) is 69.6 Å². The van der Waals surface area contributed by atoms with Crippen molar-refractivity contribution in [3.8, 4) is 0 Å². The zero-order chi connectivity index (χ0) is 14.7. The van der Waals surface area contributed by atoms with Crippen molar-refractivity contribution in [1.82, 2.24) is 10.3 Å². The van der Waals surface area contributed by atoms with Crippen LogP contribution in [0.1, 0.15) is 21.5 Å². The first kappa shape index (κ1) is 13.6. The van der Waals surface area contributed by atoms with Crippen molar-refractivity contribution >= 4 is 5.91 Å². The smallest absolute Gasteiger partial charge is 0.251 e. The molecule has 0 fully saturated rings. The summed E-state index contributed by atoms with van der Waals surface area (Å²) in [6, 6.07) is 11.0. The Labute approximate surface area is 122 Å². The summed E-state index contributed by atoms with van der Waals surface area (Å²) in [5.41, 5.74) is 2.54. The van der Waals surface area contributed by atoms with Crippen LogP contribution in [-0.4, -0.2) is 23.5 Å². The Balaban J connectivity index is 1.59. The van der Waals surface area contributed by atoms with Gasteiger partial charge in [0.15, 0.2) is 0 Å². The van der Waals surface area contributed by atoms with Gasteiger partial charge < -0.3 is 15.0 Å². The van der Waals surface area contributed by atoms with Crippen LogP contribution in [0, 0.1) is 0 Å². The fourth-order valence-electron chi connectivity index (χ4n) is 2.43. The van der Waals surface area contributed by atoms with Crippen molar-refractivity contribution < 1.29 is 9.53 Å². The van der Waals surface area contributed by atoms with E-state index in [-0.39, 0.29) is 17.6 Å². The van der Waals surface area contributed by atoms with Crippen molar-refractivity contribution in [1.29, 1.82) is 0 Å². The second-order valence-electron chi connectivity index (χ2n) is 5.06. The maximum Gasteiger partial charge on any atom is 0.251 e. The number of hydrogen-bond acceptors (Lipinski definition) is 3. The van der Waals surface area contributed by atoms with Gasteiger partial charge in [-0.15, -0.1) is 0 Å². The molecule has 108 valence electrons. The fraction of sp³-hybridized carbons (Fsp3) is 0.250. The van der Waals surface area contributed by atoms with Gasteiger partial charge in [0.1, 0.15) is 0 Å². The molecular formula is C16H16N2O3. The average molecular weight is 284 g/mol. The van der Waals surface area contributed by atoms with E-state index in [4.69, 9.17) is 4.74 Å². The van der Waals surface area contributed by atoms with Gasteiger partial charge in [-0.25, -0.2) is 0 Å². The number of amides is 1. The topological polar surface area (TPSA) is 71.2 Å². The molecule has 1 unspecified atom stereocenters. The van der Waals surface area contributed by atoms with Gasteiger partial charge in [-0.2, -0.15) is 0 Å². The fourth-order valence-corrected chi connectivity index (χ4v) is 2.43. The summed E-state index contributed by atoms with van der Waals surface area (Å²) >= 11 is 0. The number of fused-ring (bicyclic) bond motifs is 1. The zero-order valence-electron chi connectivity index (χ0n) is 11.5. The molecule has 3 rings (SSSR count). The number of ether oxygens (including phenoxy) is 1. The van der Waals surface area contributed by atoms with Crippen molar-refractivity contribution in [2.75, 3.05) is 6.54 Å². The number of rotatable bonds is 3. The molecule has 5 nitrogen and oxygen atoms in total. The Hall–Kier alpha value is -2.40. The maximum absolute atomic E-state index is 12.0. The average Bonchev–Trinajstić information content (AvgIpc) is 2.52. The minimum Gasteiger partial charge on any atom is -0.371 e. The van der Waals surface area contributed by atoms with Crippen LogP contribution in [0.15, 0.2) is 47.4 Å². The van der Waals surface area contributed by atoms with E-state index in [2.05, 4.69) is 22.4 Å². The van der Waals surface area contributed by atoms with Gasteiger partial charge in [0.25, 0.3) is 5.91 Å². The van der Waals surface area contributed by atoms with Crippen molar-refractivity contribution in [3.63, 3.8) is 0 Å². The zero-order valence-corrected chi connectivity index (χ0v) is 11.5. The molecule has 2 aromatic rings. The predicted octanol–water partition coefficient (Wildman–Crippen LogP) is 1.25. The molecule has 1 amide bonds. The SMILES string of the molecule is O=C(NCC1Cc2ccccc2CO1)c1cc[nH]c(=O)c1. The largest absolute Gasteiger partial charge is 0.371 e. The van der Waals surface area contributed by atoms with Gasteiger partial charge in [0.05, 0.1) is 12.7 Å². The van der Waals surface area contributed by atoms with Crippen molar-refractivity contribution in [2.45, 2.75) is 19.1 Å². The summed E-state index contributed by atoms with van der Waals surface area (Å²) in [6.07, 6.45) is 2.21. The second-order valence-corrected chi connectivity index (χ2v) is 5.06. The summed E-state index contributed by atoms with van der Waals surface area (Å²) in [5, 5.41) is 2.81. The van der Waals surface area contributed by atoms with Gasteiger partial charge in [-0.1, -0.05) is 24.3 Å². The Morgan fingerprint density at radius 3 is 2.90 bits per heavy atom. The first-order valence-corrected chi connectivity index (χ1v) is 6.88. The molecule has 2 heterocycles. The number of aromatic amines is 1. The highest BCUT2D eigenvalue weighted by atomic mass is 16.5.